The molecule has 0 aromatic heterocycles. The minimum Gasteiger partial charge on any atom is -0.481 e. The zero-order valence-corrected chi connectivity index (χ0v) is 10.5. The van der Waals surface area contributed by atoms with E-state index in [1.165, 1.54) is 50.5 Å². The number of carbonyl (C=O) groups is 1. The highest BCUT2D eigenvalue weighted by atomic mass is 16.4. The van der Waals surface area contributed by atoms with Crippen LogP contribution in [0.1, 0.15) is 65.7 Å². The summed E-state index contributed by atoms with van der Waals surface area (Å²) >= 11 is 0. The third-order valence-corrected chi connectivity index (χ3v) is 1.96. The molecule has 0 aromatic rings. The Morgan fingerprint density at radius 1 is 1.07 bits per heavy atom. The summed E-state index contributed by atoms with van der Waals surface area (Å²) in [6, 6.07) is 0. The fraction of sp³-hybridized carbons (Fsp3) is 0.769. The maximum absolute atomic E-state index is 9.00. The summed E-state index contributed by atoms with van der Waals surface area (Å²) in [4.78, 5) is 9.00. The van der Waals surface area contributed by atoms with Crippen LogP contribution in [-0.2, 0) is 4.79 Å². The van der Waals surface area contributed by atoms with Crippen LogP contribution in [0.15, 0.2) is 12.2 Å². The van der Waals surface area contributed by atoms with Crippen LogP contribution in [-0.4, -0.2) is 11.1 Å². The first-order chi connectivity index (χ1) is 7.00. The van der Waals surface area contributed by atoms with E-state index in [1.54, 1.807) is 0 Å². The van der Waals surface area contributed by atoms with Gasteiger partial charge in [-0.3, -0.25) is 4.79 Å². The van der Waals surface area contributed by atoms with Crippen LogP contribution >= 0.6 is 0 Å². The molecule has 0 atom stereocenters. The lowest BCUT2D eigenvalue weighted by molar-refractivity contribution is -0.134. The second kappa shape index (κ2) is 13.2. The summed E-state index contributed by atoms with van der Waals surface area (Å²) in [6.07, 6.45) is 9.57. The predicted molar refractivity (Wildman–Crippen MR) is 66.1 cm³/mol. The molecule has 1 N–H and O–H groups in total. The van der Waals surface area contributed by atoms with Gasteiger partial charge in [0.25, 0.3) is 5.97 Å². The molecule has 2 nitrogen and oxygen atoms in total. The summed E-state index contributed by atoms with van der Waals surface area (Å²) in [6.45, 7) is 9.35. The van der Waals surface area contributed by atoms with Crippen LogP contribution in [0.2, 0.25) is 0 Å². The average molecular weight is 214 g/mol. The van der Waals surface area contributed by atoms with Crippen LogP contribution in [0, 0.1) is 0 Å². The van der Waals surface area contributed by atoms with Gasteiger partial charge in [0.15, 0.2) is 0 Å². The molecule has 15 heavy (non-hydrogen) atoms. The maximum Gasteiger partial charge on any atom is 0.300 e. The Bertz CT molecular complexity index is 158. The molecule has 0 heterocycles. The molecular formula is C13H26O2. The number of carboxylic acid groups (broad SMARTS) is 1. The molecule has 0 saturated heterocycles. The molecule has 90 valence electrons. The Kier molecular flexibility index (Phi) is 14.6. The highest BCUT2D eigenvalue weighted by molar-refractivity contribution is 5.62. The topological polar surface area (TPSA) is 37.3 Å². The molecule has 0 bridgehead atoms. The zero-order chi connectivity index (χ0) is 12.1. The van der Waals surface area contributed by atoms with Crippen molar-refractivity contribution in [1.82, 2.24) is 0 Å². The third kappa shape index (κ3) is 31.9. The van der Waals surface area contributed by atoms with Crippen LogP contribution in [0.3, 0.4) is 0 Å². The summed E-state index contributed by atoms with van der Waals surface area (Å²) in [5, 5.41) is 7.42. The highest BCUT2D eigenvalue weighted by Gasteiger charge is 1.89. The van der Waals surface area contributed by atoms with Crippen molar-refractivity contribution >= 4 is 5.97 Å². The molecule has 0 aromatic carbocycles. The van der Waals surface area contributed by atoms with Gasteiger partial charge in [0, 0.05) is 6.92 Å². The number of carboxylic acids is 1. The van der Waals surface area contributed by atoms with Gasteiger partial charge in [-0.2, -0.15) is 0 Å². The van der Waals surface area contributed by atoms with Crippen molar-refractivity contribution in [3.8, 4) is 0 Å². The van der Waals surface area contributed by atoms with E-state index in [1.807, 2.05) is 0 Å². The van der Waals surface area contributed by atoms with E-state index in [-0.39, 0.29) is 0 Å². The van der Waals surface area contributed by atoms with Crippen molar-refractivity contribution in [1.29, 1.82) is 0 Å². The molecule has 0 rings (SSSR count). The first-order valence-corrected chi connectivity index (χ1v) is 5.84. The first kappa shape index (κ1) is 16.6. The normalized spacial score (nSPS) is 9.00. The number of unbranched alkanes of at least 4 members (excludes halogenated alkanes) is 5. The monoisotopic (exact) mass is 214 g/mol. The Morgan fingerprint density at radius 3 is 1.87 bits per heavy atom. The largest absolute Gasteiger partial charge is 0.481 e. The van der Waals surface area contributed by atoms with Crippen molar-refractivity contribution in [2.24, 2.45) is 0 Å². The molecule has 0 aliphatic rings. The molecule has 0 unspecified atom stereocenters. The summed E-state index contributed by atoms with van der Waals surface area (Å²) in [5.74, 6) is -0.833. The van der Waals surface area contributed by atoms with Crippen molar-refractivity contribution in [3.05, 3.63) is 12.2 Å². The summed E-state index contributed by atoms with van der Waals surface area (Å²) < 4.78 is 0. The average Bonchev–Trinajstić information content (AvgIpc) is 2.09. The van der Waals surface area contributed by atoms with Crippen LogP contribution in [0.4, 0.5) is 0 Å². The van der Waals surface area contributed by atoms with E-state index in [9.17, 15) is 0 Å². The van der Waals surface area contributed by atoms with Gasteiger partial charge in [-0.15, -0.1) is 6.58 Å². The van der Waals surface area contributed by atoms with Crippen molar-refractivity contribution < 1.29 is 9.90 Å². The summed E-state index contributed by atoms with van der Waals surface area (Å²) in [5.41, 5.74) is 1.33. The van der Waals surface area contributed by atoms with Gasteiger partial charge in [0.1, 0.15) is 0 Å². The van der Waals surface area contributed by atoms with Gasteiger partial charge in [-0.1, -0.05) is 44.6 Å². The Balaban J connectivity index is 0. The fourth-order valence-corrected chi connectivity index (χ4v) is 1.21. The van der Waals surface area contributed by atoms with E-state index in [0.29, 0.717) is 0 Å². The molecule has 0 aliphatic carbocycles. The van der Waals surface area contributed by atoms with E-state index in [0.717, 1.165) is 6.92 Å². The minimum absolute atomic E-state index is 0.833. The Labute approximate surface area is 94.4 Å². The number of aliphatic carboxylic acids is 1. The van der Waals surface area contributed by atoms with Gasteiger partial charge < -0.3 is 5.11 Å². The standard InChI is InChI=1S/C11H22.C2H4O2/c1-4-5-6-7-8-9-10-11(2)3;1-2(3)4/h2,4-10H2,1,3H3;1H3,(H,3,4). The Hall–Kier alpha value is -0.790. The van der Waals surface area contributed by atoms with Gasteiger partial charge in [-0.25, -0.2) is 0 Å². The zero-order valence-electron chi connectivity index (χ0n) is 10.5. The second-order valence-corrected chi connectivity index (χ2v) is 3.99. The third-order valence-electron chi connectivity index (χ3n) is 1.96. The molecule has 0 saturated carbocycles. The summed E-state index contributed by atoms with van der Waals surface area (Å²) in [7, 11) is 0. The molecule has 0 spiro atoms. The fourth-order valence-electron chi connectivity index (χ4n) is 1.21. The number of allylic oxidation sites excluding steroid dienone is 1. The number of rotatable bonds is 7. The van der Waals surface area contributed by atoms with E-state index in [4.69, 9.17) is 9.90 Å². The lowest BCUT2D eigenvalue weighted by Crippen LogP contribution is -1.79. The lowest BCUT2D eigenvalue weighted by atomic mass is 10.1. The quantitative estimate of drug-likeness (QED) is 0.503. The predicted octanol–water partition coefficient (Wildman–Crippen LogP) is 4.40. The van der Waals surface area contributed by atoms with E-state index < -0.39 is 5.97 Å². The molecule has 0 fully saturated rings. The molecule has 0 radical (unpaired) electrons. The SMILES string of the molecule is C=C(C)CCCCCCCC.CC(=O)O. The Morgan fingerprint density at radius 2 is 1.47 bits per heavy atom. The first-order valence-electron chi connectivity index (χ1n) is 5.84. The van der Waals surface area contributed by atoms with Gasteiger partial charge in [-0.05, 0) is 19.8 Å². The van der Waals surface area contributed by atoms with Crippen LogP contribution in [0.25, 0.3) is 0 Å². The molecule has 0 aliphatic heterocycles. The highest BCUT2D eigenvalue weighted by Crippen LogP contribution is 2.09. The van der Waals surface area contributed by atoms with Crippen molar-refractivity contribution in [3.63, 3.8) is 0 Å². The van der Waals surface area contributed by atoms with Gasteiger partial charge >= 0.3 is 0 Å². The maximum atomic E-state index is 9.00. The number of hydrogen-bond acceptors (Lipinski definition) is 1. The number of hydrogen-bond donors (Lipinski definition) is 1. The van der Waals surface area contributed by atoms with Crippen molar-refractivity contribution in [2.75, 3.05) is 0 Å². The molecular weight excluding hydrogens is 188 g/mol. The van der Waals surface area contributed by atoms with Crippen LogP contribution < -0.4 is 0 Å². The smallest absolute Gasteiger partial charge is 0.300 e. The van der Waals surface area contributed by atoms with Gasteiger partial charge in [0.05, 0.1) is 0 Å². The lowest BCUT2D eigenvalue weighted by Gasteiger charge is -1.99. The van der Waals surface area contributed by atoms with E-state index >= 15 is 0 Å². The van der Waals surface area contributed by atoms with Crippen molar-refractivity contribution in [2.45, 2.75) is 65.7 Å². The van der Waals surface area contributed by atoms with Crippen LogP contribution in [0.5, 0.6) is 0 Å². The minimum atomic E-state index is -0.833. The molecule has 0 amide bonds. The van der Waals surface area contributed by atoms with Gasteiger partial charge in [0.2, 0.25) is 0 Å². The van der Waals surface area contributed by atoms with E-state index in [2.05, 4.69) is 20.4 Å². The molecule has 2 heteroatoms. The second-order valence-electron chi connectivity index (χ2n) is 3.99.